The number of amides is 1. The SMILES string of the molecule is COc1ccc2cc(CCC(=O)NCC3CCN(Cc4ccc(Cl)c(Cl)c4)C3)ccc2c1. The van der Waals surface area contributed by atoms with Crippen LogP contribution in [0.4, 0.5) is 0 Å². The van der Waals surface area contributed by atoms with E-state index in [-0.39, 0.29) is 5.91 Å². The van der Waals surface area contributed by atoms with E-state index in [1.54, 1.807) is 7.11 Å². The minimum Gasteiger partial charge on any atom is -0.497 e. The van der Waals surface area contributed by atoms with Gasteiger partial charge in [0.2, 0.25) is 5.91 Å². The van der Waals surface area contributed by atoms with Crippen molar-refractivity contribution in [3.05, 3.63) is 75.8 Å². The molecule has 3 aromatic carbocycles. The number of ether oxygens (including phenoxy) is 1. The second kappa shape index (κ2) is 10.6. The summed E-state index contributed by atoms with van der Waals surface area (Å²) in [5, 5.41) is 6.61. The van der Waals surface area contributed by atoms with Crippen LogP contribution in [0.5, 0.6) is 5.75 Å². The van der Waals surface area contributed by atoms with Crippen molar-refractivity contribution in [2.45, 2.75) is 25.8 Å². The van der Waals surface area contributed by atoms with E-state index in [1.807, 2.05) is 30.3 Å². The van der Waals surface area contributed by atoms with E-state index in [0.717, 1.165) is 61.1 Å². The smallest absolute Gasteiger partial charge is 0.220 e. The molecule has 0 radical (unpaired) electrons. The molecule has 1 saturated heterocycles. The van der Waals surface area contributed by atoms with Gasteiger partial charge in [0.15, 0.2) is 0 Å². The molecular formula is C26H28Cl2N2O2. The molecule has 0 saturated carbocycles. The Morgan fingerprint density at radius 1 is 1.03 bits per heavy atom. The fraction of sp³-hybridized carbons (Fsp3) is 0.346. The predicted octanol–water partition coefficient (Wildman–Crippen LogP) is 5.73. The summed E-state index contributed by atoms with van der Waals surface area (Å²) in [5.74, 6) is 1.45. The summed E-state index contributed by atoms with van der Waals surface area (Å²) in [4.78, 5) is 14.8. The van der Waals surface area contributed by atoms with E-state index in [2.05, 4.69) is 34.5 Å². The lowest BCUT2D eigenvalue weighted by molar-refractivity contribution is -0.121. The number of hydrogen-bond acceptors (Lipinski definition) is 3. The zero-order valence-electron chi connectivity index (χ0n) is 18.2. The van der Waals surface area contributed by atoms with Crippen molar-refractivity contribution in [3.63, 3.8) is 0 Å². The lowest BCUT2D eigenvalue weighted by Crippen LogP contribution is -2.31. The first-order valence-electron chi connectivity index (χ1n) is 11.0. The number of nitrogens with zero attached hydrogens (tertiary/aromatic N) is 1. The van der Waals surface area contributed by atoms with Crippen molar-refractivity contribution in [1.29, 1.82) is 0 Å². The summed E-state index contributed by atoms with van der Waals surface area (Å²) < 4.78 is 5.28. The topological polar surface area (TPSA) is 41.6 Å². The molecule has 0 aromatic heterocycles. The molecule has 1 unspecified atom stereocenters. The van der Waals surface area contributed by atoms with Crippen LogP contribution in [0.3, 0.4) is 0 Å². The fourth-order valence-electron chi connectivity index (χ4n) is 4.28. The summed E-state index contributed by atoms with van der Waals surface area (Å²) in [6, 6.07) is 18.2. The molecule has 1 atom stereocenters. The van der Waals surface area contributed by atoms with Crippen LogP contribution in [0.25, 0.3) is 10.8 Å². The molecule has 1 aliphatic rings. The van der Waals surface area contributed by atoms with Gasteiger partial charge in [-0.3, -0.25) is 9.69 Å². The maximum Gasteiger partial charge on any atom is 0.220 e. The molecule has 0 aliphatic carbocycles. The molecule has 1 heterocycles. The van der Waals surface area contributed by atoms with Gasteiger partial charge in [0.25, 0.3) is 0 Å². The minimum atomic E-state index is 0.114. The second-order valence-corrected chi connectivity index (χ2v) is 9.30. The number of halogens is 2. The first-order valence-corrected chi connectivity index (χ1v) is 11.8. The summed E-state index contributed by atoms with van der Waals surface area (Å²) in [7, 11) is 1.67. The van der Waals surface area contributed by atoms with Crippen molar-refractivity contribution >= 4 is 39.9 Å². The van der Waals surface area contributed by atoms with E-state index >= 15 is 0 Å². The Morgan fingerprint density at radius 2 is 1.81 bits per heavy atom. The number of benzene rings is 3. The van der Waals surface area contributed by atoms with Gasteiger partial charge in [-0.25, -0.2) is 0 Å². The number of methoxy groups -OCH3 is 1. The normalized spacial score (nSPS) is 16.4. The molecule has 1 N–H and O–H groups in total. The van der Waals surface area contributed by atoms with Gasteiger partial charge < -0.3 is 10.1 Å². The Bertz CT molecular complexity index is 1100. The average molecular weight is 471 g/mol. The highest BCUT2D eigenvalue weighted by molar-refractivity contribution is 6.42. The summed E-state index contributed by atoms with van der Waals surface area (Å²) in [6.07, 6.45) is 2.33. The van der Waals surface area contributed by atoms with E-state index in [1.165, 1.54) is 5.56 Å². The molecule has 4 rings (SSSR count). The van der Waals surface area contributed by atoms with Gasteiger partial charge in [-0.05, 0) is 71.5 Å². The quantitative estimate of drug-likeness (QED) is 0.457. The zero-order chi connectivity index (χ0) is 22.5. The number of nitrogens with one attached hydrogen (secondary N) is 1. The number of likely N-dealkylation sites (tertiary alicyclic amines) is 1. The van der Waals surface area contributed by atoms with Gasteiger partial charge in [-0.15, -0.1) is 0 Å². The summed E-state index contributed by atoms with van der Waals surface area (Å²) in [6.45, 7) is 3.60. The van der Waals surface area contributed by atoms with Crippen LogP contribution in [0.1, 0.15) is 24.0 Å². The predicted molar refractivity (Wildman–Crippen MR) is 132 cm³/mol. The molecule has 168 valence electrons. The third-order valence-corrected chi connectivity index (χ3v) is 6.84. The van der Waals surface area contributed by atoms with E-state index in [0.29, 0.717) is 22.4 Å². The van der Waals surface area contributed by atoms with Crippen molar-refractivity contribution in [3.8, 4) is 5.75 Å². The van der Waals surface area contributed by atoms with Crippen molar-refractivity contribution in [1.82, 2.24) is 10.2 Å². The summed E-state index contributed by atoms with van der Waals surface area (Å²) >= 11 is 12.1. The van der Waals surface area contributed by atoms with Gasteiger partial charge in [0.05, 0.1) is 17.2 Å². The summed E-state index contributed by atoms with van der Waals surface area (Å²) in [5.41, 5.74) is 2.34. The van der Waals surface area contributed by atoms with Crippen molar-refractivity contribution in [2.24, 2.45) is 5.92 Å². The van der Waals surface area contributed by atoms with Crippen LogP contribution < -0.4 is 10.1 Å². The van der Waals surface area contributed by atoms with Crippen LogP contribution in [0.2, 0.25) is 10.0 Å². The number of hydrogen-bond donors (Lipinski definition) is 1. The number of aryl methyl sites for hydroxylation is 1. The number of carbonyl (C=O) groups excluding carboxylic acids is 1. The molecule has 1 amide bonds. The largest absolute Gasteiger partial charge is 0.497 e. The maximum atomic E-state index is 12.4. The van der Waals surface area contributed by atoms with Crippen molar-refractivity contribution in [2.75, 3.05) is 26.7 Å². The lowest BCUT2D eigenvalue weighted by Gasteiger charge is -2.17. The molecule has 6 heteroatoms. The molecule has 3 aromatic rings. The van der Waals surface area contributed by atoms with Crippen LogP contribution in [0, 0.1) is 5.92 Å². The zero-order valence-corrected chi connectivity index (χ0v) is 19.8. The molecule has 0 spiro atoms. The average Bonchev–Trinajstić information content (AvgIpc) is 3.25. The standard InChI is InChI=1S/C26H28Cl2N2O2/c1-32-23-7-6-21-12-18(2-5-22(21)14-23)4-9-26(31)29-15-20-10-11-30(17-20)16-19-3-8-24(27)25(28)13-19/h2-3,5-8,12-14,20H,4,9-11,15-17H2,1H3,(H,29,31). The Labute approximate surface area is 199 Å². The number of rotatable bonds is 8. The van der Waals surface area contributed by atoms with E-state index in [9.17, 15) is 4.79 Å². The third-order valence-electron chi connectivity index (χ3n) is 6.10. The first kappa shape index (κ1) is 22.9. The number of carbonyl (C=O) groups is 1. The van der Waals surface area contributed by atoms with Crippen molar-refractivity contribution < 1.29 is 9.53 Å². The fourth-order valence-corrected chi connectivity index (χ4v) is 4.60. The van der Waals surface area contributed by atoms with Gasteiger partial charge >= 0.3 is 0 Å². The third kappa shape index (κ3) is 5.94. The van der Waals surface area contributed by atoms with Gasteiger partial charge in [0, 0.05) is 26.1 Å². The lowest BCUT2D eigenvalue weighted by atomic mass is 10.0. The van der Waals surface area contributed by atoms with Crippen LogP contribution in [-0.4, -0.2) is 37.6 Å². The second-order valence-electron chi connectivity index (χ2n) is 8.49. The molecule has 1 aliphatic heterocycles. The monoisotopic (exact) mass is 470 g/mol. The first-order chi connectivity index (χ1) is 15.5. The molecule has 32 heavy (non-hydrogen) atoms. The van der Waals surface area contributed by atoms with E-state index in [4.69, 9.17) is 27.9 Å². The highest BCUT2D eigenvalue weighted by atomic mass is 35.5. The van der Waals surface area contributed by atoms with Crippen LogP contribution >= 0.6 is 23.2 Å². The Kier molecular flexibility index (Phi) is 7.56. The molecule has 4 nitrogen and oxygen atoms in total. The molecular weight excluding hydrogens is 443 g/mol. The Morgan fingerprint density at radius 3 is 2.62 bits per heavy atom. The van der Waals surface area contributed by atoms with E-state index < -0.39 is 0 Å². The Hall–Kier alpha value is -2.27. The van der Waals surface area contributed by atoms with Crippen LogP contribution in [0.15, 0.2) is 54.6 Å². The maximum absolute atomic E-state index is 12.4. The van der Waals surface area contributed by atoms with Crippen LogP contribution in [-0.2, 0) is 17.8 Å². The van der Waals surface area contributed by atoms with Gasteiger partial charge in [-0.2, -0.15) is 0 Å². The molecule has 0 bridgehead atoms. The highest BCUT2D eigenvalue weighted by Gasteiger charge is 2.23. The molecule has 1 fully saturated rings. The van der Waals surface area contributed by atoms with Gasteiger partial charge in [0.1, 0.15) is 5.75 Å². The minimum absolute atomic E-state index is 0.114. The van der Waals surface area contributed by atoms with Gasteiger partial charge in [-0.1, -0.05) is 53.5 Å². The highest BCUT2D eigenvalue weighted by Crippen LogP contribution is 2.25. The number of fused-ring (bicyclic) bond motifs is 1. The Balaban J connectivity index is 1.20.